The van der Waals surface area contributed by atoms with E-state index < -0.39 is 12.1 Å². The third kappa shape index (κ3) is 4.43. The third-order valence-electron chi connectivity index (χ3n) is 5.65. The fourth-order valence-electron chi connectivity index (χ4n) is 4.14. The standard InChI is InChI=1S/C22H30N2O2/c1-15(18-13-7-11-17-10-5-6-12-19(17)18)24-22(26)21(25)20(23)14-16-8-3-2-4-9-16/h5-7,10-13,15-16,20-21,25H,2-4,8-9,14,23H2,1H3,(H,24,26)/t15?,20-,21?/m1/s1. The van der Waals surface area contributed by atoms with Crippen LogP contribution in [-0.4, -0.2) is 23.2 Å². The van der Waals surface area contributed by atoms with E-state index in [4.69, 9.17) is 5.73 Å². The van der Waals surface area contributed by atoms with Crippen LogP contribution in [0.2, 0.25) is 0 Å². The number of aliphatic hydroxyl groups excluding tert-OH is 1. The van der Waals surface area contributed by atoms with Crippen LogP contribution in [0.1, 0.15) is 57.1 Å². The fraction of sp³-hybridized carbons (Fsp3) is 0.500. The molecule has 2 aromatic rings. The summed E-state index contributed by atoms with van der Waals surface area (Å²) >= 11 is 0. The average Bonchev–Trinajstić information content (AvgIpc) is 2.67. The molecule has 1 aliphatic rings. The highest BCUT2D eigenvalue weighted by atomic mass is 16.3. The van der Waals surface area contributed by atoms with E-state index in [-0.39, 0.29) is 11.9 Å². The summed E-state index contributed by atoms with van der Waals surface area (Å²) in [5, 5.41) is 15.6. The number of hydrogen-bond acceptors (Lipinski definition) is 3. The molecule has 140 valence electrons. The maximum atomic E-state index is 12.5. The van der Waals surface area contributed by atoms with Gasteiger partial charge in [-0.25, -0.2) is 0 Å². The molecule has 26 heavy (non-hydrogen) atoms. The number of nitrogens with two attached hydrogens (primary N) is 1. The van der Waals surface area contributed by atoms with Crippen LogP contribution in [0.25, 0.3) is 10.8 Å². The molecule has 0 spiro atoms. The lowest BCUT2D eigenvalue weighted by atomic mass is 9.84. The molecule has 0 heterocycles. The summed E-state index contributed by atoms with van der Waals surface area (Å²) in [7, 11) is 0. The smallest absolute Gasteiger partial charge is 0.250 e. The molecule has 1 saturated carbocycles. The second-order valence-corrected chi connectivity index (χ2v) is 7.65. The van der Waals surface area contributed by atoms with E-state index in [2.05, 4.69) is 23.5 Å². The van der Waals surface area contributed by atoms with Crippen molar-refractivity contribution in [2.75, 3.05) is 0 Å². The van der Waals surface area contributed by atoms with Crippen LogP contribution < -0.4 is 11.1 Å². The number of nitrogens with one attached hydrogen (secondary N) is 1. The zero-order chi connectivity index (χ0) is 18.5. The molecule has 1 fully saturated rings. The van der Waals surface area contributed by atoms with Crippen molar-refractivity contribution in [3.63, 3.8) is 0 Å². The van der Waals surface area contributed by atoms with Crippen molar-refractivity contribution in [3.8, 4) is 0 Å². The van der Waals surface area contributed by atoms with E-state index in [1.165, 1.54) is 19.3 Å². The zero-order valence-corrected chi connectivity index (χ0v) is 15.5. The third-order valence-corrected chi connectivity index (χ3v) is 5.65. The first-order valence-electron chi connectivity index (χ1n) is 9.78. The van der Waals surface area contributed by atoms with Crippen molar-refractivity contribution in [2.24, 2.45) is 11.7 Å². The van der Waals surface area contributed by atoms with Crippen LogP contribution in [0.5, 0.6) is 0 Å². The highest BCUT2D eigenvalue weighted by Crippen LogP contribution is 2.28. The Balaban J connectivity index is 1.62. The lowest BCUT2D eigenvalue weighted by Gasteiger charge is -2.27. The predicted octanol–water partition coefficient (Wildman–Crippen LogP) is 3.68. The Morgan fingerprint density at radius 3 is 2.62 bits per heavy atom. The molecule has 3 rings (SSSR count). The number of amides is 1. The van der Waals surface area contributed by atoms with E-state index in [9.17, 15) is 9.90 Å². The molecule has 4 N–H and O–H groups in total. The molecule has 1 aliphatic carbocycles. The molecule has 3 atom stereocenters. The number of fused-ring (bicyclic) bond motifs is 1. The van der Waals surface area contributed by atoms with Gasteiger partial charge in [0, 0.05) is 6.04 Å². The number of carbonyl (C=O) groups excluding carboxylic acids is 1. The molecule has 2 unspecified atom stereocenters. The van der Waals surface area contributed by atoms with Crippen molar-refractivity contribution in [2.45, 2.75) is 63.6 Å². The minimum Gasteiger partial charge on any atom is -0.382 e. The molecule has 4 heteroatoms. The lowest BCUT2D eigenvalue weighted by Crippen LogP contribution is -2.47. The zero-order valence-electron chi connectivity index (χ0n) is 15.5. The summed E-state index contributed by atoms with van der Waals surface area (Å²) in [5.74, 6) is 0.158. The summed E-state index contributed by atoms with van der Waals surface area (Å²) in [6, 6.07) is 13.5. The molecule has 0 saturated heterocycles. The maximum absolute atomic E-state index is 12.5. The van der Waals surface area contributed by atoms with Crippen LogP contribution in [-0.2, 0) is 4.79 Å². The fourth-order valence-corrected chi connectivity index (χ4v) is 4.14. The van der Waals surface area contributed by atoms with Gasteiger partial charge in [0.05, 0.1) is 6.04 Å². The molecular weight excluding hydrogens is 324 g/mol. The molecule has 0 bridgehead atoms. The second-order valence-electron chi connectivity index (χ2n) is 7.65. The Kier molecular flexibility index (Phi) is 6.28. The van der Waals surface area contributed by atoms with Gasteiger partial charge in [-0.2, -0.15) is 0 Å². The summed E-state index contributed by atoms with van der Waals surface area (Å²) in [6.45, 7) is 1.94. The van der Waals surface area contributed by atoms with Crippen LogP contribution in [0.15, 0.2) is 42.5 Å². The van der Waals surface area contributed by atoms with Gasteiger partial charge in [-0.3, -0.25) is 4.79 Å². The van der Waals surface area contributed by atoms with Gasteiger partial charge in [0.2, 0.25) is 0 Å². The van der Waals surface area contributed by atoms with Gasteiger partial charge in [-0.15, -0.1) is 0 Å². The van der Waals surface area contributed by atoms with Crippen LogP contribution in [0.3, 0.4) is 0 Å². The molecule has 2 aromatic carbocycles. The summed E-state index contributed by atoms with van der Waals surface area (Å²) in [5.41, 5.74) is 7.19. The summed E-state index contributed by atoms with van der Waals surface area (Å²) in [4.78, 5) is 12.5. The molecule has 0 radical (unpaired) electrons. The maximum Gasteiger partial charge on any atom is 0.250 e. The van der Waals surface area contributed by atoms with Crippen molar-refractivity contribution in [3.05, 3.63) is 48.0 Å². The highest BCUT2D eigenvalue weighted by molar-refractivity contribution is 5.87. The SMILES string of the molecule is CC(NC(=O)C(O)[C@H](N)CC1CCCCC1)c1cccc2ccccc12. The predicted molar refractivity (Wildman–Crippen MR) is 106 cm³/mol. The Hall–Kier alpha value is -1.91. The van der Waals surface area contributed by atoms with E-state index in [0.717, 1.165) is 35.6 Å². The van der Waals surface area contributed by atoms with Crippen molar-refractivity contribution >= 4 is 16.7 Å². The van der Waals surface area contributed by atoms with Crippen molar-refractivity contribution in [1.29, 1.82) is 0 Å². The molecular formula is C22H30N2O2. The molecule has 0 aliphatic heterocycles. The summed E-state index contributed by atoms with van der Waals surface area (Å²) in [6.07, 6.45) is 5.64. The van der Waals surface area contributed by atoms with Crippen molar-refractivity contribution < 1.29 is 9.90 Å². The van der Waals surface area contributed by atoms with Gasteiger partial charge in [-0.05, 0) is 35.6 Å². The normalized spacial score (nSPS) is 19.0. The number of carbonyl (C=O) groups is 1. The van der Waals surface area contributed by atoms with Gasteiger partial charge in [0.25, 0.3) is 5.91 Å². The van der Waals surface area contributed by atoms with Crippen molar-refractivity contribution in [1.82, 2.24) is 5.32 Å². The first-order valence-corrected chi connectivity index (χ1v) is 9.78. The van der Waals surface area contributed by atoms with Gasteiger partial charge in [0.1, 0.15) is 6.10 Å². The van der Waals surface area contributed by atoms with Gasteiger partial charge in [-0.1, -0.05) is 74.6 Å². The van der Waals surface area contributed by atoms with Crippen LogP contribution in [0.4, 0.5) is 0 Å². The van der Waals surface area contributed by atoms with E-state index in [0.29, 0.717) is 5.92 Å². The number of rotatable bonds is 6. The minimum absolute atomic E-state index is 0.190. The van der Waals surface area contributed by atoms with Crippen LogP contribution >= 0.6 is 0 Å². The van der Waals surface area contributed by atoms with Gasteiger partial charge < -0.3 is 16.2 Å². The monoisotopic (exact) mass is 354 g/mol. The molecule has 4 nitrogen and oxygen atoms in total. The number of benzene rings is 2. The number of hydrogen-bond donors (Lipinski definition) is 3. The highest BCUT2D eigenvalue weighted by Gasteiger charge is 2.27. The summed E-state index contributed by atoms with van der Waals surface area (Å²) < 4.78 is 0. The van der Waals surface area contributed by atoms with Gasteiger partial charge in [0.15, 0.2) is 0 Å². The average molecular weight is 354 g/mol. The largest absolute Gasteiger partial charge is 0.382 e. The molecule has 1 amide bonds. The van der Waals surface area contributed by atoms with E-state index in [1.54, 1.807) is 0 Å². The topological polar surface area (TPSA) is 75.3 Å². The van der Waals surface area contributed by atoms with Gasteiger partial charge >= 0.3 is 0 Å². The molecule has 0 aromatic heterocycles. The van der Waals surface area contributed by atoms with Crippen LogP contribution in [0, 0.1) is 5.92 Å². The van der Waals surface area contributed by atoms with E-state index >= 15 is 0 Å². The Labute approximate surface area is 155 Å². The Morgan fingerprint density at radius 2 is 1.85 bits per heavy atom. The minimum atomic E-state index is -1.16. The second kappa shape index (κ2) is 8.65. The Morgan fingerprint density at radius 1 is 1.15 bits per heavy atom. The Bertz CT molecular complexity index is 735. The first-order chi connectivity index (χ1) is 12.6. The quantitative estimate of drug-likeness (QED) is 0.741. The lowest BCUT2D eigenvalue weighted by molar-refractivity contribution is -0.131. The number of aliphatic hydroxyl groups is 1. The van der Waals surface area contributed by atoms with E-state index in [1.807, 2.05) is 31.2 Å². The first kappa shape index (κ1) is 18.9.